The van der Waals surface area contributed by atoms with Crippen molar-refractivity contribution in [1.29, 1.82) is 0 Å². The molecule has 0 saturated heterocycles. The Kier molecular flexibility index (Phi) is 6.46. The second-order valence-corrected chi connectivity index (χ2v) is 3.60. The Labute approximate surface area is 107 Å². The number of nitrogens with zero attached hydrogens (tertiary/aromatic N) is 1. The number of pyridine rings is 1. The highest BCUT2D eigenvalue weighted by molar-refractivity contribution is 5.17. The summed E-state index contributed by atoms with van der Waals surface area (Å²) in [5.74, 6) is 0.353. The maximum atomic E-state index is 12.0. The average Bonchev–Trinajstić information content (AvgIpc) is 2.35. The van der Waals surface area contributed by atoms with Crippen LogP contribution in [0.5, 0.6) is 5.75 Å². The lowest BCUT2D eigenvalue weighted by atomic mass is 10.4. The lowest BCUT2D eigenvalue weighted by molar-refractivity contribution is -0.144. The van der Waals surface area contributed by atoms with Gasteiger partial charge in [-0.1, -0.05) is 0 Å². The van der Waals surface area contributed by atoms with Crippen LogP contribution < -0.4 is 10.3 Å². The van der Waals surface area contributed by atoms with Gasteiger partial charge in [-0.25, -0.2) is 0 Å². The Morgan fingerprint density at radius 1 is 1.17 bits per heavy atom. The first-order valence-corrected chi connectivity index (χ1v) is 6.28. The Morgan fingerprint density at radius 3 is 2.39 bits per heavy atom. The van der Waals surface area contributed by atoms with Gasteiger partial charge in [0, 0.05) is 19.4 Å². The van der Waals surface area contributed by atoms with E-state index in [0.29, 0.717) is 32.1 Å². The quantitative estimate of drug-likeness (QED) is 0.663. The molecule has 1 aromatic heterocycles. The van der Waals surface area contributed by atoms with Gasteiger partial charge in [0.1, 0.15) is 0 Å². The van der Waals surface area contributed by atoms with Gasteiger partial charge in [0.25, 0.3) is 5.56 Å². The van der Waals surface area contributed by atoms with Crippen molar-refractivity contribution in [2.45, 2.75) is 33.6 Å². The van der Waals surface area contributed by atoms with Crippen LogP contribution >= 0.6 is 0 Å². The van der Waals surface area contributed by atoms with E-state index in [2.05, 4.69) is 0 Å². The molecule has 0 unspecified atom stereocenters. The molecule has 0 amide bonds. The summed E-state index contributed by atoms with van der Waals surface area (Å²) in [7, 11) is 0. The third kappa shape index (κ3) is 4.16. The number of rotatable bonds is 8. The molecule has 0 aromatic carbocycles. The first-order valence-electron chi connectivity index (χ1n) is 6.28. The molecule has 0 radical (unpaired) electrons. The highest BCUT2D eigenvalue weighted by Crippen LogP contribution is 2.04. The topological polar surface area (TPSA) is 49.7 Å². The molecule has 0 N–H and O–H groups in total. The Bertz CT molecular complexity index is 396. The summed E-state index contributed by atoms with van der Waals surface area (Å²) in [5, 5.41) is 0. The van der Waals surface area contributed by atoms with Crippen molar-refractivity contribution in [3.05, 3.63) is 28.7 Å². The molecule has 0 aliphatic heterocycles. The van der Waals surface area contributed by atoms with Gasteiger partial charge >= 0.3 is 0 Å². The molecule has 18 heavy (non-hydrogen) atoms. The molecule has 0 aliphatic carbocycles. The van der Waals surface area contributed by atoms with E-state index in [1.807, 2.05) is 20.8 Å². The third-order valence-corrected chi connectivity index (χ3v) is 2.34. The Hall–Kier alpha value is -1.33. The number of ether oxygens (including phenoxy) is 3. The van der Waals surface area contributed by atoms with E-state index in [0.717, 1.165) is 0 Å². The van der Waals surface area contributed by atoms with Crippen LogP contribution in [0.15, 0.2) is 23.1 Å². The molecular weight excluding hydrogens is 234 g/mol. The predicted molar refractivity (Wildman–Crippen MR) is 68.9 cm³/mol. The normalized spacial score (nSPS) is 10.9. The summed E-state index contributed by atoms with van der Waals surface area (Å²) in [4.78, 5) is 12.0. The molecule has 5 heteroatoms. The predicted octanol–water partition coefficient (Wildman–Crippen LogP) is 1.65. The molecule has 1 heterocycles. The Balaban J connectivity index is 2.82. The largest absolute Gasteiger partial charge is 0.488 e. The minimum atomic E-state index is -0.408. The average molecular weight is 255 g/mol. The lowest BCUT2D eigenvalue weighted by Gasteiger charge is -2.18. The van der Waals surface area contributed by atoms with Crippen molar-refractivity contribution in [2.24, 2.45) is 0 Å². The lowest BCUT2D eigenvalue weighted by Crippen LogP contribution is -2.30. The van der Waals surface area contributed by atoms with Gasteiger partial charge in [-0.3, -0.25) is 4.79 Å². The zero-order chi connectivity index (χ0) is 13.4. The van der Waals surface area contributed by atoms with Gasteiger partial charge < -0.3 is 18.8 Å². The van der Waals surface area contributed by atoms with Gasteiger partial charge in [-0.2, -0.15) is 0 Å². The molecule has 0 atom stereocenters. The smallest absolute Gasteiger partial charge is 0.293 e. The van der Waals surface area contributed by atoms with E-state index < -0.39 is 6.29 Å². The molecule has 0 bridgehead atoms. The maximum Gasteiger partial charge on any atom is 0.293 e. The van der Waals surface area contributed by atoms with Crippen LogP contribution in [0.2, 0.25) is 0 Å². The van der Waals surface area contributed by atoms with Crippen molar-refractivity contribution in [1.82, 2.24) is 4.57 Å². The van der Waals surface area contributed by atoms with Crippen LogP contribution in [-0.4, -0.2) is 30.7 Å². The molecule has 0 fully saturated rings. The van der Waals surface area contributed by atoms with Crippen LogP contribution in [-0.2, 0) is 16.0 Å². The van der Waals surface area contributed by atoms with Gasteiger partial charge in [-0.05, 0) is 32.9 Å². The fourth-order valence-corrected chi connectivity index (χ4v) is 1.61. The maximum absolute atomic E-state index is 12.0. The van der Waals surface area contributed by atoms with Crippen LogP contribution in [0.4, 0.5) is 0 Å². The fraction of sp³-hybridized carbons (Fsp3) is 0.615. The summed E-state index contributed by atoms with van der Waals surface area (Å²) < 4.78 is 17.6. The van der Waals surface area contributed by atoms with Crippen molar-refractivity contribution in [3.8, 4) is 5.75 Å². The zero-order valence-electron chi connectivity index (χ0n) is 11.2. The molecule has 102 valence electrons. The molecular formula is C13H21NO4. The molecule has 1 aromatic rings. The molecule has 0 saturated carbocycles. The zero-order valence-corrected chi connectivity index (χ0v) is 11.2. The number of aromatic nitrogens is 1. The van der Waals surface area contributed by atoms with E-state index in [1.54, 1.807) is 22.9 Å². The summed E-state index contributed by atoms with van der Waals surface area (Å²) >= 11 is 0. The van der Waals surface area contributed by atoms with Gasteiger partial charge in [0.15, 0.2) is 12.0 Å². The van der Waals surface area contributed by atoms with E-state index in [4.69, 9.17) is 14.2 Å². The third-order valence-electron chi connectivity index (χ3n) is 2.34. The number of hydrogen-bond acceptors (Lipinski definition) is 4. The van der Waals surface area contributed by atoms with Gasteiger partial charge in [0.05, 0.1) is 13.2 Å². The van der Waals surface area contributed by atoms with Gasteiger partial charge in [0.2, 0.25) is 0 Å². The van der Waals surface area contributed by atoms with Crippen LogP contribution in [0.25, 0.3) is 0 Å². The van der Waals surface area contributed by atoms with Crippen molar-refractivity contribution >= 4 is 0 Å². The molecule has 5 nitrogen and oxygen atoms in total. The van der Waals surface area contributed by atoms with Crippen LogP contribution in [0.1, 0.15) is 20.8 Å². The highest BCUT2D eigenvalue weighted by atomic mass is 16.7. The van der Waals surface area contributed by atoms with E-state index in [9.17, 15) is 4.79 Å². The first-order chi connectivity index (χ1) is 8.72. The minimum absolute atomic E-state index is 0.163. The number of hydrogen-bond donors (Lipinski definition) is 0. The second-order valence-electron chi connectivity index (χ2n) is 3.60. The SMILES string of the molecule is CCOc1cccn(CC(OCC)OCC)c1=O. The highest BCUT2D eigenvalue weighted by Gasteiger charge is 2.11. The van der Waals surface area contributed by atoms with Crippen molar-refractivity contribution in [3.63, 3.8) is 0 Å². The van der Waals surface area contributed by atoms with E-state index in [1.165, 1.54) is 0 Å². The van der Waals surface area contributed by atoms with Crippen molar-refractivity contribution in [2.75, 3.05) is 19.8 Å². The molecule has 0 aliphatic rings. The summed E-state index contributed by atoms with van der Waals surface area (Å²) in [6, 6.07) is 3.44. The molecule has 1 rings (SSSR count). The van der Waals surface area contributed by atoms with Crippen LogP contribution in [0.3, 0.4) is 0 Å². The van der Waals surface area contributed by atoms with E-state index >= 15 is 0 Å². The first kappa shape index (κ1) is 14.7. The fourth-order valence-electron chi connectivity index (χ4n) is 1.61. The van der Waals surface area contributed by atoms with E-state index in [-0.39, 0.29) is 5.56 Å². The monoisotopic (exact) mass is 255 g/mol. The van der Waals surface area contributed by atoms with Gasteiger partial charge in [-0.15, -0.1) is 0 Å². The Morgan fingerprint density at radius 2 is 1.83 bits per heavy atom. The molecule has 0 spiro atoms. The van der Waals surface area contributed by atoms with Crippen molar-refractivity contribution < 1.29 is 14.2 Å². The summed E-state index contributed by atoms with van der Waals surface area (Å²) in [6.45, 7) is 7.56. The minimum Gasteiger partial charge on any atom is -0.488 e. The summed E-state index contributed by atoms with van der Waals surface area (Å²) in [6.07, 6.45) is 1.30. The summed E-state index contributed by atoms with van der Waals surface area (Å²) in [5.41, 5.74) is -0.163. The standard InChI is InChI=1S/C13H21NO4/c1-4-16-11-8-7-9-14(13(11)15)10-12(17-5-2)18-6-3/h7-9,12H,4-6,10H2,1-3H3. The second kappa shape index (κ2) is 7.89. The van der Waals surface area contributed by atoms with Crippen LogP contribution in [0, 0.1) is 0 Å².